The average molecular weight is 534 g/mol. The Labute approximate surface area is 230 Å². The highest BCUT2D eigenvalue weighted by molar-refractivity contribution is 5.89. The van der Waals surface area contributed by atoms with Gasteiger partial charge in [-0.25, -0.2) is 14.6 Å². The fraction of sp³-hybridized carbons (Fsp3) is 0.433. The number of nitrogens with one attached hydrogen (secondary N) is 3. The third kappa shape index (κ3) is 8.07. The maximum absolute atomic E-state index is 12.3. The maximum Gasteiger partial charge on any atom is 0.407 e. The number of carbonyl (C=O) groups excluding carboxylic acids is 2. The van der Waals surface area contributed by atoms with Crippen molar-refractivity contribution in [1.82, 2.24) is 20.2 Å². The number of ether oxygens (including phenoxy) is 2. The zero-order valence-corrected chi connectivity index (χ0v) is 23.0. The highest BCUT2D eigenvalue weighted by Gasteiger charge is 2.28. The van der Waals surface area contributed by atoms with Crippen LogP contribution in [0.5, 0.6) is 0 Å². The fourth-order valence-electron chi connectivity index (χ4n) is 4.95. The summed E-state index contributed by atoms with van der Waals surface area (Å²) in [5.41, 5.74) is 3.80. The van der Waals surface area contributed by atoms with Gasteiger partial charge in [0.25, 0.3) is 0 Å². The lowest BCUT2D eigenvalue weighted by atomic mass is 9.85. The lowest BCUT2D eigenvalue weighted by Gasteiger charge is -2.29. The third-order valence-corrected chi connectivity index (χ3v) is 6.90. The van der Waals surface area contributed by atoms with Crippen LogP contribution in [0.1, 0.15) is 56.8 Å². The second-order valence-electron chi connectivity index (χ2n) is 10.2. The van der Waals surface area contributed by atoms with Crippen molar-refractivity contribution in [3.05, 3.63) is 72.2 Å². The lowest BCUT2D eigenvalue weighted by molar-refractivity contribution is 0.109. The number of urea groups is 1. The molecule has 3 aromatic rings. The first-order chi connectivity index (χ1) is 18.9. The lowest BCUT2D eigenvalue weighted by Crippen LogP contribution is -2.38. The van der Waals surface area contributed by atoms with Crippen LogP contribution in [0.2, 0.25) is 0 Å². The first kappa shape index (κ1) is 28.2. The van der Waals surface area contributed by atoms with Crippen LogP contribution in [-0.4, -0.2) is 47.5 Å². The normalized spacial score (nSPS) is 17.0. The molecular weight excluding hydrogens is 494 g/mol. The number of imidazole rings is 1. The summed E-state index contributed by atoms with van der Waals surface area (Å²) in [7, 11) is 1.70. The van der Waals surface area contributed by atoms with Crippen LogP contribution < -0.4 is 16.0 Å². The Bertz CT molecular complexity index is 1200. The van der Waals surface area contributed by atoms with Crippen molar-refractivity contribution in [2.75, 3.05) is 19.0 Å². The molecule has 0 saturated heterocycles. The number of amides is 3. The molecule has 0 atom stereocenters. The van der Waals surface area contributed by atoms with Crippen molar-refractivity contribution >= 4 is 17.8 Å². The largest absolute Gasteiger partial charge is 0.447 e. The molecule has 39 heavy (non-hydrogen) atoms. The number of anilines is 1. The molecule has 9 heteroatoms. The molecule has 9 nitrogen and oxygen atoms in total. The molecule has 1 saturated carbocycles. The molecule has 3 amide bonds. The minimum Gasteiger partial charge on any atom is -0.447 e. The van der Waals surface area contributed by atoms with Crippen molar-refractivity contribution in [2.45, 2.75) is 70.7 Å². The molecule has 0 unspecified atom stereocenters. The highest BCUT2D eigenvalue weighted by Crippen LogP contribution is 2.35. The SMILES string of the molecule is COCCn1c(-c2ccc(NC(=O)NCc3ccccc3)cc2)cnc1[C@H]1CC[C@H](NC(=O)OC(C)C)CC1. The molecule has 0 radical (unpaired) electrons. The Balaban J connectivity index is 1.38. The van der Waals surface area contributed by atoms with Gasteiger partial charge in [-0.2, -0.15) is 0 Å². The predicted molar refractivity (Wildman–Crippen MR) is 152 cm³/mol. The molecule has 1 aromatic heterocycles. The van der Waals surface area contributed by atoms with Gasteiger partial charge in [0.1, 0.15) is 5.82 Å². The first-order valence-electron chi connectivity index (χ1n) is 13.6. The highest BCUT2D eigenvalue weighted by atomic mass is 16.6. The van der Waals surface area contributed by atoms with Crippen LogP contribution in [0, 0.1) is 0 Å². The molecule has 1 fully saturated rings. The number of carbonyl (C=O) groups is 2. The van der Waals surface area contributed by atoms with Crippen LogP contribution >= 0.6 is 0 Å². The summed E-state index contributed by atoms with van der Waals surface area (Å²) in [6.07, 6.45) is 5.10. The van der Waals surface area contributed by atoms with E-state index >= 15 is 0 Å². The molecule has 1 aliphatic rings. The number of methoxy groups -OCH3 is 1. The van der Waals surface area contributed by atoms with Crippen molar-refractivity contribution < 1.29 is 19.1 Å². The quantitative estimate of drug-likeness (QED) is 0.311. The minimum atomic E-state index is -0.344. The molecule has 1 heterocycles. The van der Waals surface area contributed by atoms with E-state index in [4.69, 9.17) is 14.5 Å². The summed E-state index contributed by atoms with van der Waals surface area (Å²) < 4.78 is 12.9. The number of nitrogens with zero attached hydrogens (tertiary/aromatic N) is 2. The third-order valence-electron chi connectivity index (χ3n) is 6.90. The molecule has 4 rings (SSSR count). The van der Waals surface area contributed by atoms with Gasteiger partial charge in [-0.3, -0.25) is 0 Å². The Morgan fingerprint density at radius 1 is 1.03 bits per heavy atom. The summed E-state index contributed by atoms with van der Waals surface area (Å²) in [5, 5.41) is 8.77. The maximum atomic E-state index is 12.3. The summed E-state index contributed by atoms with van der Waals surface area (Å²) >= 11 is 0. The summed E-state index contributed by atoms with van der Waals surface area (Å²) in [6, 6.07) is 17.5. The molecule has 0 aliphatic heterocycles. The van der Waals surface area contributed by atoms with Crippen molar-refractivity contribution in [3.8, 4) is 11.3 Å². The van der Waals surface area contributed by atoms with Crippen molar-refractivity contribution in [1.29, 1.82) is 0 Å². The fourth-order valence-corrected chi connectivity index (χ4v) is 4.95. The van der Waals surface area contributed by atoms with E-state index in [-0.39, 0.29) is 24.3 Å². The summed E-state index contributed by atoms with van der Waals surface area (Å²) in [5.74, 6) is 1.36. The van der Waals surface area contributed by atoms with Gasteiger partial charge in [-0.05, 0) is 62.8 Å². The Morgan fingerprint density at radius 2 is 1.74 bits per heavy atom. The molecule has 2 aromatic carbocycles. The van der Waals surface area contributed by atoms with Crippen LogP contribution in [0.3, 0.4) is 0 Å². The smallest absolute Gasteiger partial charge is 0.407 e. The van der Waals surface area contributed by atoms with Crippen LogP contribution in [0.25, 0.3) is 11.3 Å². The van der Waals surface area contributed by atoms with E-state index in [0.29, 0.717) is 31.3 Å². The molecule has 0 bridgehead atoms. The van der Waals surface area contributed by atoms with Crippen LogP contribution in [0.15, 0.2) is 60.8 Å². The van der Waals surface area contributed by atoms with Gasteiger partial charge < -0.3 is 30.0 Å². The first-order valence-corrected chi connectivity index (χ1v) is 13.6. The van der Waals surface area contributed by atoms with Gasteiger partial charge in [0, 0.05) is 37.8 Å². The van der Waals surface area contributed by atoms with E-state index in [1.165, 1.54) is 0 Å². The Kier molecular flexibility index (Phi) is 9.97. The molecule has 1 aliphatic carbocycles. The van der Waals surface area contributed by atoms with Crippen LogP contribution in [-0.2, 0) is 22.6 Å². The molecular formula is C30H39N5O4. The summed E-state index contributed by atoms with van der Waals surface area (Å²) in [6.45, 7) is 5.44. The van der Waals surface area contributed by atoms with Gasteiger partial charge >= 0.3 is 12.1 Å². The second kappa shape index (κ2) is 13.8. The van der Waals surface area contributed by atoms with E-state index < -0.39 is 0 Å². The van der Waals surface area contributed by atoms with E-state index in [1.54, 1.807) is 7.11 Å². The van der Waals surface area contributed by atoms with E-state index in [0.717, 1.165) is 48.3 Å². The van der Waals surface area contributed by atoms with Gasteiger partial charge in [0.05, 0.1) is 24.6 Å². The average Bonchev–Trinajstić information content (AvgIpc) is 3.35. The van der Waals surface area contributed by atoms with Gasteiger partial charge in [-0.1, -0.05) is 42.5 Å². The number of benzene rings is 2. The molecule has 0 spiro atoms. The van der Waals surface area contributed by atoms with Gasteiger partial charge in [-0.15, -0.1) is 0 Å². The zero-order chi connectivity index (χ0) is 27.6. The number of hydrogen-bond donors (Lipinski definition) is 3. The van der Waals surface area contributed by atoms with Gasteiger partial charge in [0.15, 0.2) is 0 Å². The Morgan fingerprint density at radius 3 is 2.41 bits per heavy atom. The summed E-state index contributed by atoms with van der Waals surface area (Å²) in [4.78, 5) is 29.2. The second-order valence-corrected chi connectivity index (χ2v) is 10.2. The number of rotatable bonds is 10. The Hall–Kier alpha value is -3.85. The minimum absolute atomic E-state index is 0.124. The zero-order valence-electron chi connectivity index (χ0n) is 23.0. The number of alkyl carbamates (subject to hydrolysis) is 1. The van der Waals surface area contributed by atoms with E-state index in [2.05, 4.69) is 20.5 Å². The number of hydrogen-bond acceptors (Lipinski definition) is 5. The van der Waals surface area contributed by atoms with Crippen molar-refractivity contribution in [2.24, 2.45) is 0 Å². The topological polar surface area (TPSA) is 107 Å². The van der Waals surface area contributed by atoms with E-state index in [9.17, 15) is 9.59 Å². The van der Waals surface area contributed by atoms with Crippen LogP contribution in [0.4, 0.5) is 15.3 Å². The molecule has 208 valence electrons. The monoisotopic (exact) mass is 533 g/mol. The standard InChI is InChI=1S/C30H39N5O4/c1-21(2)39-30(37)34-26-15-11-24(12-16-26)28-31-20-27(35(28)17-18-38-3)23-9-13-25(14-10-23)33-29(36)32-19-22-7-5-4-6-8-22/h4-10,13-14,20-21,24,26H,11-12,15-19H2,1-3H3,(H,34,37)(H2,32,33,36)/t24-,26-. The number of aromatic nitrogens is 2. The molecule has 3 N–H and O–H groups in total. The van der Waals surface area contributed by atoms with Gasteiger partial charge in [0.2, 0.25) is 0 Å². The predicted octanol–water partition coefficient (Wildman–Crippen LogP) is 5.68. The van der Waals surface area contributed by atoms with Crippen molar-refractivity contribution in [3.63, 3.8) is 0 Å². The van der Waals surface area contributed by atoms with E-state index in [1.807, 2.05) is 74.6 Å².